The van der Waals surface area contributed by atoms with Crippen LogP contribution in [0.3, 0.4) is 0 Å². The molecule has 0 unspecified atom stereocenters. The van der Waals surface area contributed by atoms with Crippen molar-refractivity contribution >= 4 is 29.3 Å². The second-order valence-corrected chi connectivity index (χ2v) is 6.28. The third kappa shape index (κ3) is 3.47. The van der Waals surface area contributed by atoms with Gasteiger partial charge in [-0.05, 0) is 11.6 Å². The molecule has 2 aliphatic heterocycles. The fraction of sp³-hybridized carbons (Fsp3) is 0.438. The predicted molar refractivity (Wildman–Crippen MR) is 84.6 cm³/mol. The molecule has 6 nitrogen and oxygen atoms in total. The van der Waals surface area contributed by atoms with E-state index in [0.29, 0.717) is 31.2 Å². The average molecular weight is 336 g/mol. The lowest BCUT2D eigenvalue weighted by atomic mass is 10.1. The van der Waals surface area contributed by atoms with Crippen molar-refractivity contribution in [2.24, 2.45) is 5.92 Å². The van der Waals surface area contributed by atoms with Crippen LogP contribution in [0.15, 0.2) is 24.3 Å². The second-order valence-electron chi connectivity index (χ2n) is 5.88. The molecule has 0 aliphatic carbocycles. The van der Waals surface area contributed by atoms with E-state index in [1.165, 1.54) is 4.90 Å². The fourth-order valence-electron chi connectivity index (χ4n) is 3.01. The van der Waals surface area contributed by atoms with Crippen LogP contribution in [-0.2, 0) is 20.9 Å². The maximum Gasteiger partial charge on any atom is 0.239 e. The van der Waals surface area contributed by atoms with E-state index in [0.717, 1.165) is 5.56 Å². The van der Waals surface area contributed by atoms with Crippen molar-refractivity contribution in [2.75, 3.05) is 26.2 Å². The van der Waals surface area contributed by atoms with Gasteiger partial charge in [0.2, 0.25) is 17.7 Å². The van der Waals surface area contributed by atoms with Gasteiger partial charge in [0.15, 0.2) is 0 Å². The number of hydrogen-bond acceptors (Lipinski definition) is 3. The summed E-state index contributed by atoms with van der Waals surface area (Å²) in [6, 6.07) is 7.37. The maximum absolute atomic E-state index is 12.5. The van der Waals surface area contributed by atoms with Crippen molar-refractivity contribution in [2.45, 2.75) is 13.0 Å². The molecule has 3 amide bonds. The molecule has 1 atom stereocenters. The Morgan fingerprint density at radius 3 is 2.83 bits per heavy atom. The number of rotatable bonds is 3. The number of carbonyl (C=O) groups excluding carboxylic acids is 3. The van der Waals surface area contributed by atoms with Gasteiger partial charge in [0.1, 0.15) is 0 Å². The fourth-order valence-corrected chi connectivity index (χ4v) is 3.20. The molecule has 0 radical (unpaired) electrons. The van der Waals surface area contributed by atoms with Crippen molar-refractivity contribution in [1.29, 1.82) is 0 Å². The minimum absolute atomic E-state index is 0.0512. The third-order valence-corrected chi connectivity index (χ3v) is 4.60. The van der Waals surface area contributed by atoms with Gasteiger partial charge in [-0.3, -0.25) is 14.4 Å². The number of likely N-dealkylation sites (tertiary alicyclic amines) is 1. The summed E-state index contributed by atoms with van der Waals surface area (Å²) in [5.74, 6) is -0.697. The van der Waals surface area contributed by atoms with Crippen molar-refractivity contribution < 1.29 is 14.4 Å². The van der Waals surface area contributed by atoms with Crippen LogP contribution in [0.25, 0.3) is 0 Å². The molecule has 1 aromatic rings. The Labute approximate surface area is 139 Å². The standard InChI is InChI=1S/C16H18ClN3O3/c17-13-4-2-1-3-11(13)8-20-9-12(7-15(20)22)16(23)19-6-5-18-14(21)10-19/h1-4,12H,5-10H2,(H,18,21)/t12-/m1/s1. The maximum atomic E-state index is 12.5. The van der Waals surface area contributed by atoms with E-state index in [9.17, 15) is 14.4 Å². The average Bonchev–Trinajstić information content (AvgIpc) is 2.90. The highest BCUT2D eigenvalue weighted by Crippen LogP contribution is 2.24. The van der Waals surface area contributed by atoms with E-state index in [-0.39, 0.29) is 36.6 Å². The summed E-state index contributed by atoms with van der Waals surface area (Å²) in [4.78, 5) is 39.3. The van der Waals surface area contributed by atoms with Crippen molar-refractivity contribution in [3.05, 3.63) is 34.9 Å². The molecular formula is C16H18ClN3O3. The lowest BCUT2D eigenvalue weighted by Gasteiger charge is -2.28. The molecule has 2 heterocycles. The van der Waals surface area contributed by atoms with Crippen LogP contribution in [0.4, 0.5) is 0 Å². The monoisotopic (exact) mass is 335 g/mol. The van der Waals surface area contributed by atoms with Crippen LogP contribution in [-0.4, -0.2) is 53.7 Å². The van der Waals surface area contributed by atoms with E-state index >= 15 is 0 Å². The van der Waals surface area contributed by atoms with E-state index in [1.807, 2.05) is 18.2 Å². The zero-order chi connectivity index (χ0) is 16.4. The van der Waals surface area contributed by atoms with Gasteiger partial charge in [-0.25, -0.2) is 0 Å². The lowest BCUT2D eigenvalue weighted by Crippen LogP contribution is -2.51. The van der Waals surface area contributed by atoms with Crippen LogP contribution in [0.5, 0.6) is 0 Å². The molecule has 7 heteroatoms. The number of benzene rings is 1. The Kier molecular flexibility index (Phi) is 4.52. The highest BCUT2D eigenvalue weighted by molar-refractivity contribution is 6.31. The van der Waals surface area contributed by atoms with Gasteiger partial charge in [0, 0.05) is 37.6 Å². The first-order valence-corrected chi connectivity index (χ1v) is 7.99. The number of hydrogen-bond donors (Lipinski definition) is 1. The van der Waals surface area contributed by atoms with E-state index in [2.05, 4.69) is 5.32 Å². The number of carbonyl (C=O) groups is 3. The van der Waals surface area contributed by atoms with Crippen LogP contribution in [0.1, 0.15) is 12.0 Å². The van der Waals surface area contributed by atoms with E-state index in [1.54, 1.807) is 11.0 Å². The predicted octanol–water partition coefficient (Wildman–Crippen LogP) is 0.647. The third-order valence-electron chi connectivity index (χ3n) is 4.23. The number of halogens is 1. The summed E-state index contributed by atoms with van der Waals surface area (Å²) in [6.45, 7) is 1.83. The first-order chi connectivity index (χ1) is 11.0. The van der Waals surface area contributed by atoms with Gasteiger partial charge >= 0.3 is 0 Å². The molecule has 0 bridgehead atoms. The summed E-state index contributed by atoms with van der Waals surface area (Å²) in [5.41, 5.74) is 0.868. The Morgan fingerprint density at radius 2 is 2.09 bits per heavy atom. The minimum atomic E-state index is -0.379. The van der Waals surface area contributed by atoms with Crippen LogP contribution >= 0.6 is 11.6 Å². The van der Waals surface area contributed by atoms with Crippen molar-refractivity contribution in [3.63, 3.8) is 0 Å². The largest absolute Gasteiger partial charge is 0.353 e. The summed E-state index contributed by atoms with van der Waals surface area (Å²) in [6.07, 6.45) is 0.196. The first kappa shape index (κ1) is 15.8. The molecule has 122 valence electrons. The van der Waals surface area contributed by atoms with Gasteiger partial charge in [-0.2, -0.15) is 0 Å². The molecule has 2 fully saturated rings. The zero-order valence-electron chi connectivity index (χ0n) is 12.6. The Bertz CT molecular complexity index is 649. The van der Waals surface area contributed by atoms with Crippen molar-refractivity contribution in [1.82, 2.24) is 15.1 Å². The molecule has 0 saturated carbocycles. The zero-order valence-corrected chi connectivity index (χ0v) is 13.4. The van der Waals surface area contributed by atoms with Gasteiger partial charge in [-0.1, -0.05) is 29.8 Å². The molecule has 23 heavy (non-hydrogen) atoms. The Balaban J connectivity index is 1.64. The second kappa shape index (κ2) is 6.58. The number of amides is 3. The summed E-state index contributed by atoms with van der Waals surface area (Å²) in [5, 5.41) is 3.30. The minimum Gasteiger partial charge on any atom is -0.353 e. The van der Waals surface area contributed by atoms with Gasteiger partial charge < -0.3 is 15.1 Å². The van der Waals surface area contributed by atoms with E-state index in [4.69, 9.17) is 11.6 Å². The van der Waals surface area contributed by atoms with Crippen LogP contribution in [0, 0.1) is 5.92 Å². The molecule has 1 N–H and O–H groups in total. The quantitative estimate of drug-likeness (QED) is 0.881. The molecule has 0 spiro atoms. The normalized spacial score (nSPS) is 21.5. The Hall–Kier alpha value is -2.08. The van der Waals surface area contributed by atoms with Gasteiger partial charge in [0.05, 0.1) is 12.5 Å². The number of nitrogens with one attached hydrogen (secondary N) is 1. The first-order valence-electron chi connectivity index (χ1n) is 7.61. The highest BCUT2D eigenvalue weighted by atomic mass is 35.5. The lowest BCUT2D eigenvalue weighted by molar-refractivity contribution is -0.141. The highest BCUT2D eigenvalue weighted by Gasteiger charge is 2.37. The topological polar surface area (TPSA) is 69.7 Å². The van der Waals surface area contributed by atoms with Gasteiger partial charge in [0.25, 0.3) is 0 Å². The Morgan fingerprint density at radius 1 is 1.30 bits per heavy atom. The summed E-state index contributed by atoms with van der Waals surface area (Å²) >= 11 is 6.13. The van der Waals surface area contributed by atoms with Crippen LogP contribution < -0.4 is 5.32 Å². The molecule has 3 rings (SSSR count). The molecule has 1 aromatic carbocycles. The molecule has 2 saturated heterocycles. The summed E-state index contributed by atoms with van der Waals surface area (Å²) < 4.78 is 0. The molecule has 2 aliphatic rings. The molecule has 0 aromatic heterocycles. The smallest absolute Gasteiger partial charge is 0.239 e. The van der Waals surface area contributed by atoms with Crippen molar-refractivity contribution in [3.8, 4) is 0 Å². The summed E-state index contributed by atoms with van der Waals surface area (Å²) in [7, 11) is 0. The van der Waals surface area contributed by atoms with Crippen LogP contribution in [0.2, 0.25) is 5.02 Å². The van der Waals surface area contributed by atoms with Gasteiger partial charge in [-0.15, -0.1) is 0 Å². The SMILES string of the molecule is O=C1CN(C(=O)[C@@H]2CC(=O)N(Cc3ccccc3Cl)C2)CCN1. The number of nitrogens with zero attached hydrogens (tertiary/aromatic N) is 2. The van der Waals surface area contributed by atoms with E-state index < -0.39 is 0 Å². The number of piperazine rings is 1. The molecular weight excluding hydrogens is 318 g/mol.